The first-order valence-corrected chi connectivity index (χ1v) is 29.0. The summed E-state index contributed by atoms with van der Waals surface area (Å²) in [5.74, 6) is 0. The van der Waals surface area contributed by atoms with Crippen molar-refractivity contribution >= 4 is 45.9 Å². The van der Waals surface area contributed by atoms with Gasteiger partial charge in [-0.15, -0.1) is 0 Å². The molecule has 0 amide bonds. The molecule has 12 aromatic rings. The predicted octanol–water partition coefficient (Wildman–Crippen LogP) is 15.9. The summed E-state index contributed by atoms with van der Waals surface area (Å²) in [5, 5.41) is 5.71. The van der Waals surface area contributed by atoms with E-state index in [0.29, 0.717) is 0 Å². The molecule has 0 saturated carbocycles. The largest absolute Gasteiger partial charge is 0.310 e. The van der Waals surface area contributed by atoms with Crippen molar-refractivity contribution in [3.8, 4) is 44.5 Å². The van der Waals surface area contributed by atoms with Gasteiger partial charge in [0.2, 0.25) is 0 Å². The van der Waals surface area contributed by atoms with Crippen LogP contribution < -0.4 is 25.6 Å². The summed E-state index contributed by atoms with van der Waals surface area (Å²) in [6, 6.07) is 114. The summed E-state index contributed by atoms with van der Waals surface area (Å²) in [6.07, 6.45) is 0. The number of fused-ring (bicyclic) bond motifs is 9. The number of hydrogen-bond acceptors (Lipinski definition) is 1. The molecular weight excluding hydrogens is 943 g/mol. The van der Waals surface area contributed by atoms with E-state index in [2.05, 4.69) is 315 Å². The van der Waals surface area contributed by atoms with Crippen LogP contribution in [0.2, 0.25) is 0 Å². The molecule has 0 N–H and O–H groups in total. The summed E-state index contributed by atoms with van der Waals surface area (Å²) >= 11 is 0. The van der Waals surface area contributed by atoms with E-state index in [1.54, 1.807) is 0 Å². The first-order chi connectivity index (χ1) is 38.1. The maximum Gasteiger partial charge on any atom is 0.180 e. The van der Waals surface area contributed by atoms with E-state index < -0.39 is 13.5 Å². The van der Waals surface area contributed by atoms with E-state index in [4.69, 9.17) is 0 Å². The maximum atomic E-state index is 2.50. The molecule has 2 aliphatic carbocycles. The van der Waals surface area contributed by atoms with Gasteiger partial charge in [0, 0.05) is 22.5 Å². The number of benzene rings is 12. The van der Waals surface area contributed by atoms with Crippen LogP contribution in [0.1, 0.15) is 45.9 Å². The second-order valence-electron chi connectivity index (χ2n) is 21.2. The van der Waals surface area contributed by atoms with Gasteiger partial charge < -0.3 is 4.90 Å². The number of rotatable bonds is 9. The molecule has 0 spiro atoms. The molecule has 0 bridgehead atoms. The lowest BCUT2D eigenvalue weighted by atomic mass is 9.67. The molecule has 15 rings (SSSR count). The average molecular weight is 996 g/mol. The van der Waals surface area contributed by atoms with Gasteiger partial charge in [0.25, 0.3) is 0 Å². The van der Waals surface area contributed by atoms with E-state index in [9.17, 15) is 0 Å². The Morgan fingerprint density at radius 1 is 0.273 bits per heavy atom. The predicted molar refractivity (Wildman–Crippen MR) is 324 cm³/mol. The van der Waals surface area contributed by atoms with Crippen LogP contribution in [0.4, 0.5) is 17.1 Å². The fourth-order valence-electron chi connectivity index (χ4n) is 14.2. The Bertz CT molecular complexity index is 4140. The van der Waals surface area contributed by atoms with Crippen molar-refractivity contribution in [3.05, 3.63) is 342 Å². The minimum Gasteiger partial charge on any atom is -0.310 e. The molecule has 12 aromatic carbocycles. The van der Waals surface area contributed by atoms with Gasteiger partial charge in [-0.2, -0.15) is 0 Å². The van der Waals surface area contributed by atoms with Crippen molar-refractivity contribution in [1.29, 1.82) is 0 Å². The van der Waals surface area contributed by atoms with E-state index in [-0.39, 0.29) is 5.41 Å². The molecular formula is C75H53NSi. The minimum atomic E-state index is -2.68. The summed E-state index contributed by atoms with van der Waals surface area (Å²) in [5.41, 5.74) is 21.7. The lowest BCUT2D eigenvalue weighted by molar-refractivity contribution is 0.714. The monoisotopic (exact) mass is 995 g/mol. The Morgan fingerprint density at radius 3 is 1.30 bits per heavy atom. The number of anilines is 3. The van der Waals surface area contributed by atoms with Crippen LogP contribution >= 0.6 is 0 Å². The summed E-state index contributed by atoms with van der Waals surface area (Å²) in [6.45, 7) is 2.41. The zero-order chi connectivity index (χ0) is 51.1. The highest BCUT2D eigenvalue weighted by atomic mass is 28.3. The van der Waals surface area contributed by atoms with Crippen LogP contribution in [-0.2, 0) is 10.8 Å². The smallest absolute Gasteiger partial charge is 0.180 e. The van der Waals surface area contributed by atoms with Gasteiger partial charge in [0.15, 0.2) is 8.07 Å². The molecule has 3 aliphatic rings. The van der Waals surface area contributed by atoms with Gasteiger partial charge in [-0.1, -0.05) is 267 Å². The Hall–Kier alpha value is -9.34. The summed E-state index contributed by atoms with van der Waals surface area (Å²) < 4.78 is 0. The first kappa shape index (κ1) is 45.1. The van der Waals surface area contributed by atoms with Crippen LogP contribution in [0, 0.1) is 0 Å². The van der Waals surface area contributed by atoms with Crippen LogP contribution in [0.5, 0.6) is 0 Å². The Morgan fingerprint density at radius 2 is 0.701 bits per heavy atom. The molecule has 1 heterocycles. The number of hydrogen-bond donors (Lipinski definition) is 0. The summed E-state index contributed by atoms with van der Waals surface area (Å²) in [7, 11) is -2.68. The third-order valence-electron chi connectivity index (χ3n) is 17.5. The van der Waals surface area contributed by atoms with Crippen molar-refractivity contribution in [3.63, 3.8) is 0 Å². The molecule has 0 aromatic heterocycles. The molecule has 0 saturated heterocycles. The van der Waals surface area contributed by atoms with Gasteiger partial charge in [-0.05, 0) is 148 Å². The topological polar surface area (TPSA) is 3.24 Å². The van der Waals surface area contributed by atoms with Crippen molar-refractivity contribution in [1.82, 2.24) is 0 Å². The van der Waals surface area contributed by atoms with Crippen molar-refractivity contribution in [2.24, 2.45) is 0 Å². The standard InChI is InChI=1S/C75H53NSi/c1-74(54-24-6-2-7-25-54)68-37-18-14-33-62(68)64-47-45-58(50-70(64)74)76(59-46-48-65-63-34-15-19-38-69(63)75(71(65)51-59,55-26-8-3-9-27-55)56-28-10-4-11-29-56)57-43-41-52(42-44-57)53-23-22-32-61(49-53)77(60-30-12-5-13-31-60)72-39-20-16-35-66(72)67-36-17-21-40-73(67)77/h2-51H,1H3. The molecule has 77 heavy (non-hydrogen) atoms. The third-order valence-corrected chi connectivity index (χ3v) is 22.4. The van der Waals surface area contributed by atoms with Gasteiger partial charge in [0.05, 0.1) is 5.41 Å². The van der Waals surface area contributed by atoms with Crippen molar-refractivity contribution < 1.29 is 0 Å². The van der Waals surface area contributed by atoms with Crippen molar-refractivity contribution in [2.75, 3.05) is 4.90 Å². The average Bonchev–Trinajstić information content (AvgIpc) is 4.24. The van der Waals surface area contributed by atoms with Gasteiger partial charge >= 0.3 is 0 Å². The van der Waals surface area contributed by atoms with Gasteiger partial charge in [0.1, 0.15) is 0 Å². The molecule has 1 aliphatic heterocycles. The SMILES string of the molecule is CC1(c2ccccc2)c2ccccc2-c2ccc(N(c3ccc(-c4cccc([Si]5(c6ccccc6)c6ccccc6-c6ccccc65)c4)cc3)c3ccc4c(c3)C(c3ccccc3)(c3ccccc3)c3ccccc3-4)cc21. The zero-order valence-corrected chi connectivity index (χ0v) is 43.8. The maximum absolute atomic E-state index is 2.68. The van der Waals surface area contributed by atoms with Crippen LogP contribution in [-0.4, -0.2) is 8.07 Å². The van der Waals surface area contributed by atoms with Gasteiger partial charge in [-0.3, -0.25) is 0 Å². The lowest BCUT2D eigenvalue weighted by Gasteiger charge is -2.35. The lowest BCUT2D eigenvalue weighted by Crippen LogP contribution is -2.72. The second-order valence-corrected chi connectivity index (χ2v) is 24.9. The molecule has 1 atom stereocenters. The highest BCUT2D eigenvalue weighted by Gasteiger charge is 2.49. The molecule has 0 radical (unpaired) electrons. The molecule has 0 fully saturated rings. The fourth-order valence-corrected chi connectivity index (χ4v) is 19.4. The fraction of sp³-hybridized carbons (Fsp3) is 0.0400. The van der Waals surface area contributed by atoms with Gasteiger partial charge in [-0.25, -0.2) is 0 Å². The zero-order valence-electron chi connectivity index (χ0n) is 42.8. The first-order valence-electron chi connectivity index (χ1n) is 27.0. The van der Waals surface area contributed by atoms with E-state index in [1.165, 1.54) is 104 Å². The van der Waals surface area contributed by atoms with Crippen LogP contribution in [0.3, 0.4) is 0 Å². The Balaban J connectivity index is 0.924. The van der Waals surface area contributed by atoms with Crippen molar-refractivity contribution in [2.45, 2.75) is 17.8 Å². The quantitative estimate of drug-likeness (QED) is 0.130. The second kappa shape index (κ2) is 17.6. The highest BCUT2D eigenvalue weighted by Crippen LogP contribution is 2.58. The summed E-state index contributed by atoms with van der Waals surface area (Å²) in [4.78, 5) is 2.50. The van der Waals surface area contributed by atoms with E-state index in [1.807, 2.05) is 0 Å². The Labute approximate surface area is 452 Å². The molecule has 1 unspecified atom stereocenters. The van der Waals surface area contributed by atoms with Crippen LogP contribution in [0.15, 0.2) is 303 Å². The normalized spacial score (nSPS) is 15.6. The molecule has 2 heteroatoms. The Kier molecular flexibility index (Phi) is 10.3. The third kappa shape index (κ3) is 6.52. The van der Waals surface area contributed by atoms with E-state index in [0.717, 1.165) is 17.1 Å². The highest BCUT2D eigenvalue weighted by molar-refractivity contribution is 7.22. The van der Waals surface area contributed by atoms with Crippen LogP contribution in [0.25, 0.3) is 44.5 Å². The minimum absolute atomic E-state index is 0.361. The van der Waals surface area contributed by atoms with E-state index >= 15 is 0 Å². The molecule has 1 nitrogen and oxygen atoms in total. The molecule has 362 valence electrons. The number of nitrogens with zero attached hydrogens (tertiary/aromatic N) is 1.